The van der Waals surface area contributed by atoms with Crippen LogP contribution in [0.15, 0.2) is 53.4 Å². The Balaban J connectivity index is 1.68. The van der Waals surface area contributed by atoms with E-state index in [4.69, 9.17) is 5.11 Å². The van der Waals surface area contributed by atoms with E-state index in [-0.39, 0.29) is 29.8 Å². The molecule has 0 spiro atoms. The summed E-state index contributed by atoms with van der Waals surface area (Å²) >= 11 is 0. The van der Waals surface area contributed by atoms with Crippen LogP contribution in [0.1, 0.15) is 31.2 Å². The average Bonchev–Trinajstić information content (AvgIpc) is 2.92. The van der Waals surface area contributed by atoms with Crippen LogP contribution in [0, 0.1) is 5.82 Å². The third-order valence-electron chi connectivity index (χ3n) is 5.16. The van der Waals surface area contributed by atoms with Gasteiger partial charge in [-0.2, -0.15) is 0 Å². The predicted octanol–water partition coefficient (Wildman–Crippen LogP) is 2.96. The normalized spacial score (nSPS) is 18.9. The average molecular weight is 406 g/mol. The van der Waals surface area contributed by atoms with Crippen molar-refractivity contribution < 1.29 is 22.7 Å². The highest BCUT2D eigenvalue weighted by atomic mass is 32.2. The molecule has 0 aromatic heterocycles. The smallest absolute Gasteiger partial charge is 0.305 e. The first-order valence-corrected chi connectivity index (χ1v) is 10.6. The molecule has 0 fully saturated rings. The van der Waals surface area contributed by atoms with Crippen molar-refractivity contribution in [2.24, 2.45) is 0 Å². The number of nitrogens with one attached hydrogen (secondary N) is 1. The zero-order valence-electron chi connectivity index (χ0n) is 15.5. The number of halogens is 1. The van der Waals surface area contributed by atoms with Gasteiger partial charge in [-0.3, -0.25) is 4.79 Å². The molecule has 3 rings (SSSR count). The van der Waals surface area contributed by atoms with Crippen LogP contribution < -0.4 is 9.62 Å². The lowest BCUT2D eigenvalue weighted by molar-refractivity contribution is -0.136. The molecule has 1 aliphatic rings. The molecule has 0 radical (unpaired) electrons. The summed E-state index contributed by atoms with van der Waals surface area (Å²) in [6.45, 7) is 2.67. The third-order valence-corrected chi connectivity index (χ3v) is 6.63. The molecule has 6 nitrogen and oxygen atoms in total. The van der Waals surface area contributed by atoms with Crippen molar-refractivity contribution in [2.75, 3.05) is 18.0 Å². The highest BCUT2D eigenvalue weighted by Crippen LogP contribution is 2.42. The van der Waals surface area contributed by atoms with Gasteiger partial charge in [0.05, 0.1) is 11.3 Å². The molecule has 8 heteroatoms. The molecule has 1 heterocycles. The standard InChI is InChI=1S/C20H23FN2O4S/c1-14-17(10-12-22-28(26,27)16-8-6-15(21)7-9-16)18-4-2-3-5-19(18)23(14)13-11-20(24)25/h2-9,14,17,22H,10-13H2,1H3,(H,24,25). The maximum Gasteiger partial charge on any atom is 0.305 e. The lowest BCUT2D eigenvalue weighted by atomic mass is 9.93. The van der Waals surface area contributed by atoms with E-state index in [1.807, 2.05) is 31.2 Å². The van der Waals surface area contributed by atoms with Crippen LogP contribution in [0.2, 0.25) is 0 Å². The number of carbonyl (C=O) groups is 1. The Morgan fingerprint density at radius 1 is 1.18 bits per heavy atom. The van der Waals surface area contributed by atoms with Gasteiger partial charge >= 0.3 is 5.97 Å². The highest BCUT2D eigenvalue weighted by molar-refractivity contribution is 7.89. The number of nitrogens with zero attached hydrogens (tertiary/aromatic N) is 1. The Hall–Kier alpha value is -2.45. The largest absolute Gasteiger partial charge is 0.481 e. The van der Waals surface area contributed by atoms with E-state index >= 15 is 0 Å². The summed E-state index contributed by atoms with van der Waals surface area (Å²) in [5.74, 6) is -1.25. The minimum Gasteiger partial charge on any atom is -0.481 e. The fourth-order valence-electron chi connectivity index (χ4n) is 3.74. The van der Waals surface area contributed by atoms with Crippen LogP contribution in [-0.4, -0.2) is 38.6 Å². The summed E-state index contributed by atoms with van der Waals surface area (Å²) in [5.41, 5.74) is 2.10. The van der Waals surface area contributed by atoms with Crippen LogP contribution in [0.4, 0.5) is 10.1 Å². The fourth-order valence-corrected chi connectivity index (χ4v) is 4.79. The van der Waals surface area contributed by atoms with Crippen molar-refractivity contribution in [3.63, 3.8) is 0 Å². The molecule has 0 saturated heterocycles. The van der Waals surface area contributed by atoms with E-state index in [9.17, 15) is 17.6 Å². The number of hydrogen-bond donors (Lipinski definition) is 2. The van der Waals surface area contributed by atoms with E-state index in [1.54, 1.807) is 0 Å². The number of carboxylic acid groups (broad SMARTS) is 1. The number of aliphatic carboxylic acids is 1. The van der Waals surface area contributed by atoms with Crippen molar-refractivity contribution in [3.05, 3.63) is 59.9 Å². The molecule has 0 aliphatic carbocycles. The summed E-state index contributed by atoms with van der Waals surface area (Å²) in [5, 5.41) is 9.00. The number of sulfonamides is 1. The molecular weight excluding hydrogens is 383 g/mol. The molecule has 28 heavy (non-hydrogen) atoms. The first-order valence-electron chi connectivity index (χ1n) is 9.12. The summed E-state index contributed by atoms with van der Waals surface area (Å²) in [4.78, 5) is 13.1. The van der Waals surface area contributed by atoms with Crippen LogP contribution in [0.25, 0.3) is 0 Å². The predicted molar refractivity (Wildman–Crippen MR) is 104 cm³/mol. The topological polar surface area (TPSA) is 86.7 Å². The van der Waals surface area contributed by atoms with Gasteiger partial charge in [0.25, 0.3) is 0 Å². The van der Waals surface area contributed by atoms with Crippen LogP contribution >= 0.6 is 0 Å². The van der Waals surface area contributed by atoms with Gasteiger partial charge in [0.15, 0.2) is 0 Å². The van der Waals surface area contributed by atoms with Gasteiger partial charge in [-0.05, 0) is 49.2 Å². The number of para-hydroxylation sites is 1. The minimum atomic E-state index is -3.71. The first-order chi connectivity index (χ1) is 13.3. The zero-order valence-corrected chi connectivity index (χ0v) is 16.3. The Labute approximate surface area is 164 Å². The van der Waals surface area contributed by atoms with Crippen molar-refractivity contribution in [3.8, 4) is 0 Å². The van der Waals surface area contributed by atoms with E-state index in [1.165, 1.54) is 12.1 Å². The summed E-state index contributed by atoms with van der Waals surface area (Å²) in [7, 11) is -3.71. The highest BCUT2D eigenvalue weighted by Gasteiger charge is 2.35. The maximum atomic E-state index is 13.0. The van der Waals surface area contributed by atoms with Crippen molar-refractivity contribution in [2.45, 2.75) is 36.6 Å². The second-order valence-electron chi connectivity index (χ2n) is 6.88. The molecule has 0 bridgehead atoms. The van der Waals surface area contributed by atoms with Crippen molar-refractivity contribution in [1.82, 2.24) is 4.72 Å². The van der Waals surface area contributed by atoms with Gasteiger partial charge in [-0.1, -0.05) is 18.2 Å². The number of benzene rings is 2. The first kappa shape index (κ1) is 20.3. The van der Waals surface area contributed by atoms with Gasteiger partial charge in [-0.25, -0.2) is 17.5 Å². The molecule has 0 amide bonds. The zero-order chi connectivity index (χ0) is 20.3. The van der Waals surface area contributed by atoms with Gasteiger partial charge in [0, 0.05) is 30.7 Å². The van der Waals surface area contributed by atoms with Crippen LogP contribution in [0.3, 0.4) is 0 Å². The number of fused-ring (bicyclic) bond motifs is 1. The van der Waals surface area contributed by atoms with Crippen molar-refractivity contribution >= 4 is 21.7 Å². The number of carboxylic acids is 1. The van der Waals surface area contributed by atoms with Crippen molar-refractivity contribution in [1.29, 1.82) is 0 Å². The Morgan fingerprint density at radius 3 is 2.54 bits per heavy atom. The van der Waals surface area contributed by atoms with Crippen LogP contribution in [-0.2, 0) is 14.8 Å². The molecule has 1 aliphatic heterocycles. The Morgan fingerprint density at radius 2 is 1.86 bits per heavy atom. The molecule has 150 valence electrons. The Bertz CT molecular complexity index is 947. The van der Waals surface area contributed by atoms with Gasteiger partial charge in [0.1, 0.15) is 5.82 Å². The number of rotatable bonds is 8. The van der Waals surface area contributed by atoms with Gasteiger partial charge < -0.3 is 10.0 Å². The molecule has 2 aromatic carbocycles. The summed E-state index contributed by atoms with van der Waals surface area (Å²) in [6, 6.07) is 12.6. The molecule has 0 saturated carbocycles. The number of hydrogen-bond acceptors (Lipinski definition) is 4. The molecule has 2 unspecified atom stereocenters. The van der Waals surface area contributed by atoms with Gasteiger partial charge in [-0.15, -0.1) is 0 Å². The van der Waals surface area contributed by atoms with Crippen LogP contribution in [0.5, 0.6) is 0 Å². The second-order valence-corrected chi connectivity index (χ2v) is 8.65. The molecule has 2 aromatic rings. The fraction of sp³-hybridized carbons (Fsp3) is 0.350. The SMILES string of the molecule is CC1C(CCNS(=O)(=O)c2ccc(F)cc2)c2ccccc2N1CCC(=O)O. The quantitative estimate of drug-likeness (QED) is 0.704. The van der Waals surface area contributed by atoms with E-state index in [0.29, 0.717) is 13.0 Å². The lowest BCUT2D eigenvalue weighted by Gasteiger charge is -2.27. The number of anilines is 1. The molecule has 2 atom stereocenters. The maximum absolute atomic E-state index is 13.0. The summed E-state index contributed by atoms with van der Waals surface area (Å²) in [6.07, 6.45) is 0.616. The molecule has 2 N–H and O–H groups in total. The second kappa shape index (κ2) is 8.28. The molecular formula is C20H23FN2O4S. The van der Waals surface area contributed by atoms with E-state index < -0.39 is 21.8 Å². The summed E-state index contributed by atoms with van der Waals surface area (Å²) < 4.78 is 40.3. The lowest BCUT2D eigenvalue weighted by Crippen LogP contribution is -2.34. The van der Waals surface area contributed by atoms with E-state index in [2.05, 4.69) is 9.62 Å². The minimum absolute atomic E-state index is 0.0249. The third kappa shape index (κ3) is 4.34. The van der Waals surface area contributed by atoms with Gasteiger partial charge in [0.2, 0.25) is 10.0 Å². The monoisotopic (exact) mass is 406 g/mol. The Kier molecular flexibility index (Phi) is 6.00. The van der Waals surface area contributed by atoms with E-state index in [0.717, 1.165) is 23.4 Å².